The molecule has 1 aromatic heterocycles. The smallest absolute Gasteiger partial charge is 0.306 e. The molecule has 2 heterocycles. The van der Waals surface area contributed by atoms with Crippen molar-refractivity contribution < 1.29 is 31.9 Å². The van der Waals surface area contributed by atoms with E-state index in [0.717, 1.165) is 11.3 Å². The number of aromatic nitrogens is 1. The van der Waals surface area contributed by atoms with Gasteiger partial charge >= 0.3 is 5.97 Å². The van der Waals surface area contributed by atoms with Crippen molar-refractivity contribution in [1.82, 2.24) is 4.98 Å². The van der Waals surface area contributed by atoms with Crippen molar-refractivity contribution in [3.05, 3.63) is 58.1 Å². The highest BCUT2D eigenvalue weighted by atomic mass is 32.1. The van der Waals surface area contributed by atoms with Crippen LogP contribution in [0.1, 0.15) is 23.9 Å². The fourth-order valence-corrected chi connectivity index (χ4v) is 4.58. The lowest BCUT2D eigenvalue weighted by Crippen LogP contribution is -2.42. The number of hydrogen-bond donors (Lipinski definition) is 0. The molecule has 0 spiro atoms. The quantitative estimate of drug-likeness (QED) is 0.325. The third-order valence-corrected chi connectivity index (χ3v) is 6.04. The van der Waals surface area contributed by atoms with Gasteiger partial charge in [0.1, 0.15) is 22.2 Å². The van der Waals surface area contributed by atoms with Crippen LogP contribution >= 0.6 is 11.3 Å². The summed E-state index contributed by atoms with van der Waals surface area (Å²) in [6, 6.07) is 4.39. The Kier molecular flexibility index (Phi) is 5.65. The van der Waals surface area contributed by atoms with Gasteiger partial charge in [0, 0.05) is 6.07 Å². The normalized spacial score (nSPS) is 16.0. The molecule has 0 fully saturated rings. The molecule has 1 aliphatic heterocycles. The molecule has 0 aliphatic carbocycles. The largest absolute Gasteiger partial charge is 0.466 e. The summed E-state index contributed by atoms with van der Waals surface area (Å²) >= 11 is 0.773. The Morgan fingerprint density at radius 3 is 2.74 bits per heavy atom. The Bertz CT molecular complexity index is 1200. The maximum Gasteiger partial charge on any atom is 0.306 e. The van der Waals surface area contributed by atoms with Gasteiger partial charge < -0.3 is 9.64 Å². The molecule has 3 aromatic rings. The molecule has 0 saturated heterocycles. The highest BCUT2D eigenvalue weighted by Crippen LogP contribution is 2.36. The Morgan fingerprint density at radius 2 is 2.00 bits per heavy atom. The van der Waals surface area contributed by atoms with E-state index in [1.54, 1.807) is 6.92 Å². The van der Waals surface area contributed by atoms with Crippen LogP contribution in [0.5, 0.6) is 0 Å². The van der Waals surface area contributed by atoms with E-state index in [9.17, 15) is 27.2 Å². The summed E-state index contributed by atoms with van der Waals surface area (Å²) in [4.78, 5) is 30.2. The van der Waals surface area contributed by atoms with Crippen LogP contribution in [0, 0.1) is 29.2 Å². The van der Waals surface area contributed by atoms with E-state index < -0.39 is 46.6 Å². The number of anilines is 1. The van der Waals surface area contributed by atoms with Gasteiger partial charge in [0.05, 0.1) is 35.9 Å². The van der Waals surface area contributed by atoms with Crippen molar-refractivity contribution in [2.45, 2.75) is 26.3 Å². The summed E-state index contributed by atoms with van der Waals surface area (Å²) in [5.41, 5.74) is 0.459. The predicted molar refractivity (Wildman–Crippen MR) is 106 cm³/mol. The van der Waals surface area contributed by atoms with Crippen LogP contribution < -0.4 is 4.90 Å². The van der Waals surface area contributed by atoms with Crippen LogP contribution in [0.2, 0.25) is 0 Å². The molecule has 0 N–H and O–H groups in total. The molecule has 1 amide bonds. The van der Waals surface area contributed by atoms with Crippen molar-refractivity contribution in [2.75, 3.05) is 11.5 Å². The maximum atomic E-state index is 14.0. The van der Waals surface area contributed by atoms with Gasteiger partial charge in [0.15, 0.2) is 11.6 Å². The molecule has 5 nitrogen and oxygen atoms in total. The zero-order chi connectivity index (χ0) is 22.3. The second-order valence-electron chi connectivity index (χ2n) is 7.05. The molecule has 0 radical (unpaired) electrons. The Labute approximate surface area is 178 Å². The summed E-state index contributed by atoms with van der Waals surface area (Å²) in [6.07, 6.45) is 0.0619. The lowest BCUT2D eigenvalue weighted by Gasteiger charge is -2.33. The van der Waals surface area contributed by atoms with Crippen LogP contribution in [-0.2, 0) is 27.3 Å². The monoisotopic (exact) mass is 452 g/mol. The summed E-state index contributed by atoms with van der Waals surface area (Å²) in [5.74, 6) is -5.91. The number of carbonyl (C=O) groups excluding carboxylic acids is 2. The first-order chi connectivity index (χ1) is 14.8. The van der Waals surface area contributed by atoms with Crippen molar-refractivity contribution in [1.29, 1.82) is 0 Å². The van der Waals surface area contributed by atoms with Crippen LogP contribution in [0.4, 0.5) is 23.2 Å². The van der Waals surface area contributed by atoms with E-state index >= 15 is 0 Å². The molecule has 1 atom stereocenters. The minimum Gasteiger partial charge on any atom is -0.466 e. The third-order valence-electron chi connectivity index (χ3n) is 4.99. The number of benzene rings is 2. The van der Waals surface area contributed by atoms with E-state index in [-0.39, 0.29) is 41.4 Å². The van der Waals surface area contributed by atoms with Crippen molar-refractivity contribution in [3.63, 3.8) is 0 Å². The van der Waals surface area contributed by atoms with Crippen molar-refractivity contribution in [2.24, 2.45) is 5.92 Å². The van der Waals surface area contributed by atoms with Crippen LogP contribution in [0.25, 0.3) is 10.2 Å². The number of rotatable bonds is 5. The van der Waals surface area contributed by atoms with Crippen molar-refractivity contribution in [3.8, 4) is 0 Å². The van der Waals surface area contributed by atoms with Gasteiger partial charge in [-0.05, 0) is 31.0 Å². The number of thiazole rings is 1. The van der Waals surface area contributed by atoms with Crippen LogP contribution in [-0.4, -0.2) is 23.5 Å². The molecule has 10 heteroatoms. The average molecular weight is 452 g/mol. The number of hydrogen-bond acceptors (Lipinski definition) is 5. The molecule has 1 aliphatic rings. The molecular formula is C21H16F4N2O3S. The molecule has 31 heavy (non-hydrogen) atoms. The lowest BCUT2D eigenvalue weighted by molar-refractivity contribution is -0.146. The number of nitrogens with zero attached hydrogens (tertiary/aromatic N) is 2. The first kappa shape index (κ1) is 21.2. The van der Waals surface area contributed by atoms with Gasteiger partial charge in [0.25, 0.3) is 0 Å². The first-order valence-corrected chi connectivity index (χ1v) is 10.3. The van der Waals surface area contributed by atoms with E-state index in [0.29, 0.717) is 11.6 Å². The lowest BCUT2D eigenvalue weighted by atomic mass is 9.89. The van der Waals surface area contributed by atoms with Gasteiger partial charge in [-0.1, -0.05) is 6.07 Å². The summed E-state index contributed by atoms with van der Waals surface area (Å²) < 4.78 is 60.2. The third kappa shape index (κ3) is 3.99. The van der Waals surface area contributed by atoms with E-state index in [4.69, 9.17) is 4.74 Å². The fraction of sp³-hybridized carbons (Fsp3) is 0.286. The molecule has 0 bridgehead atoms. The number of carbonyl (C=O) groups is 2. The van der Waals surface area contributed by atoms with Gasteiger partial charge in [-0.15, -0.1) is 11.3 Å². The van der Waals surface area contributed by atoms with E-state index in [1.165, 1.54) is 23.1 Å². The average Bonchev–Trinajstić information content (AvgIpc) is 3.15. The topological polar surface area (TPSA) is 59.5 Å². The zero-order valence-corrected chi connectivity index (χ0v) is 17.1. The summed E-state index contributed by atoms with van der Waals surface area (Å²) in [5, 5.41) is 0.138. The standard InChI is InChI=1S/C21H16F4N2O3S/c1-2-30-17(28)6-11-5-10-3-4-12(22)7-15(10)27(21(11)29)9-16-26-19-18(25)13(23)8-14(24)20(19)31-16/h3-4,7-8,11H,2,5-6,9H2,1H3. The highest BCUT2D eigenvalue weighted by molar-refractivity contribution is 7.18. The Morgan fingerprint density at radius 1 is 1.23 bits per heavy atom. The molecule has 4 rings (SSSR count). The zero-order valence-electron chi connectivity index (χ0n) is 16.3. The molecular weight excluding hydrogens is 436 g/mol. The minimum absolute atomic E-state index is 0.138. The van der Waals surface area contributed by atoms with Crippen molar-refractivity contribution >= 4 is 39.1 Å². The second-order valence-corrected chi connectivity index (χ2v) is 8.13. The highest BCUT2D eigenvalue weighted by Gasteiger charge is 2.35. The van der Waals surface area contributed by atoms with E-state index in [2.05, 4.69) is 4.98 Å². The second kappa shape index (κ2) is 8.26. The Hall–Kier alpha value is -3.01. The predicted octanol–water partition coefficient (Wildman–Crippen LogP) is 4.51. The maximum absolute atomic E-state index is 14.0. The molecule has 0 saturated carbocycles. The van der Waals surface area contributed by atoms with Gasteiger partial charge in [0.2, 0.25) is 5.91 Å². The van der Waals surface area contributed by atoms with E-state index in [1.807, 2.05) is 0 Å². The van der Waals surface area contributed by atoms with Crippen LogP contribution in [0.3, 0.4) is 0 Å². The summed E-state index contributed by atoms with van der Waals surface area (Å²) in [6.45, 7) is 1.61. The summed E-state index contributed by atoms with van der Waals surface area (Å²) in [7, 11) is 0. The van der Waals surface area contributed by atoms with Gasteiger partial charge in [-0.3, -0.25) is 9.59 Å². The Balaban J connectivity index is 1.72. The number of amides is 1. The molecule has 1 unspecified atom stereocenters. The van der Waals surface area contributed by atoms with Crippen LogP contribution in [0.15, 0.2) is 24.3 Å². The number of fused-ring (bicyclic) bond motifs is 2. The number of halogens is 4. The molecule has 162 valence electrons. The number of ether oxygens (including phenoxy) is 1. The minimum atomic E-state index is -1.36. The van der Waals surface area contributed by atoms with Gasteiger partial charge in [-0.25, -0.2) is 22.5 Å². The first-order valence-electron chi connectivity index (χ1n) is 9.46. The SMILES string of the molecule is CCOC(=O)CC1Cc2ccc(F)cc2N(Cc2nc3c(F)c(F)cc(F)c3s2)C1=O. The molecule has 2 aromatic carbocycles. The number of esters is 1. The fourth-order valence-electron chi connectivity index (χ4n) is 3.63. The van der Waals surface area contributed by atoms with Gasteiger partial charge in [-0.2, -0.15) is 0 Å².